The third-order valence-corrected chi connectivity index (χ3v) is 6.45. The number of aliphatic carboxylic acids is 1. The van der Waals surface area contributed by atoms with Gasteiger partial charge in [0.25, 0.3) is 5.91 Å². The molecular formula is C25H25N5O5. The van der Waals surface area contributed by atoms with Gasteiger partial charge in [-0.3, -0.25) is 9.59 Å². The van der Waals surface area contributed by atoms with Crippen molar-refractivity contribution in [2.75, 3.05) is 13.2 Å². The quantitative estimate of drug-likeness (QED) is 0.433. The lowest BCUT2D eigenvalue weighted by Crippen LogP contribution is -2.38. The van der Waals surface area contributed by atoms with E-state index in [1.807, 2.05) is 24.3 Å². The van der Waals surface area contributed by atoms with Gasteiger partial charge in [0.15, 0.2) is 5.69 Å². The summed E-state index contributed by atoms with van der Waals surface area (Å²) in [5.74, 6) is -1.43. The molecule has 3 N–H and O–H groups in total. The van der Waals surface area contributed by atoms with Crippen LogP contribution in [0.5, 0.6) is 0 Å². The fraction of sp³-hybridized carbons (Fsp3) is 0.320. The lowest BCUT2D eigenvalue weighted by molar-refractivity contribution is -0.137. The topological polar surface area (TPSA) is 135 Å². The molecule has 180 valence electrons. The molecule has 0 radical (unpaired) electrons. The molecule has 0 aliphatic heterocycles. The van der Waals surface area contributed by atoms with Crippen LogP contribution in [0.15, 0.2) is 54.7 Å². The Morgan fingerprint density at radius 3 is 2.34 bits per heavy atom. The predicted octanol–water partition coefficient (Wildman–Crippen LogP) is 2.55. The molecular weight excluding hydrogens is 450 g/mol. The fourth-order valence-corrected chi connectivity index (χ4v) is 4.52. The number of rotatable bonds is 9. The third-order valence-electron chi connectivity index (χ3n) is 6.45. The molecule has 5 rings (SSSR count). The maximum Gasteiger partial charge on any atom is 0.407 e. The van der Waals surface area contributed by atoms with E-state index in [9.17, 15) is 14.4 Å². The van der Waals surface area contributed by atoms with Gasteiger partial charge < -0.3 is 20.5 Å². The molecule has 1 aromatic heterocycles. The van der Waals surface area contributed by atoms with Gasteiger partial charge in [-0.15, -0.1) is 5.10 Å². The molecule has 1 saturated carbocycles. The van der Waals surface area contributed by atoms with Crippen LogP contribution in [0.1, 0.15) is 46.8 Å². The molecule has 0 unspecified atom stereocenters. The molecule has 0 spiro atoms. The highest BCUT2D eigenvalue weighted by Crippen LogP contribution is 2.44. The normalized spacial score (nSPS) is 15.1. The summed E-state index contributed by atoms with van der Waals surface area (Å²) in [6.07, 6.45) is 2.07. The predicted molar refractivity (Wildman–Crippen MR) is 125 cm³/mol. The SMILES string of the molecule is O=C(O)CC1(NC(=O)c2cn(CCNC(=O)OCC3c4ccccc4-c4ccccc43)nn2)CC1. The number of aromatic nitrogens is 3. The fourth-order valence-electron chi connectivity index (χ4n) is 4.52. The molecule has 2 aliphatic carbocycles. The Morgan fingerprint density at radius 2 is 1.71 bits per heavy atom. The van der Waals surface area contributed by atoms with E-state index in [1.54, 1.807) is 0 Å². The van der Waals surface area contributed by atoms with Crippen molar-refractivity contribution < 1.29 is 24.2 Å². The van der Waals surface area contributed by atoms with Gasteiger partial charge in [0.05, 0.1) is 24.7 Å². The molecule has 35 heavy (non-hydrogen) atoms. The number of hydrogen-bond donors (Lipinski definition) is 3. The van der Waals surface area contributed by atoms with Gasteiger partial charge in [0.1, 0.15) is 6.61 Å². The highest BCUT2D eigenvalue weighted by molar-refractivity contribution is 5.93. The first-order chi connectivity index (χ1) is 16.9. The zero-order valence-corrected chi connectivity index (χ0v) is 18.9. The zero-order valence-electron chi connectivity index (χ0n) is 18.9. The number of carbonyl (C=O) groups is 3. The maximum absolute atomic E-state index is 12.4. The minimum Gasteiger partial charge on any atom is -0.481 e. The molecule has 10 heteroatoms. The summed E-state index contributed by atoms with van der Waals surface area (Å²) in [4.78, 5) is 35.6. The number of alkyl carbamates (subject to hydrolysis) is 1. The van der Waals surface area contributed by atoms with Crippen molar-refractivity contribution in [3.05, 3.63) is 71.5 Å². The minimum absolute atomic E-state index is 0.0135. The van der Waals surface area contributed by atoms with E-state index in [4.69, 9.17) is 9.84 Å². The Bertz CT molecular complexity index is 1240. The Balaban J connectivity index is 1.09. The summed E-state index contributed by atoms with van der Waals surface area (Å²) in [5, 5.41) is 22.2. The Kier molecular flexibility index (Phi) is 5.94. The number of ether oxygens (including phenoxy) is 1. The van der Waals surface area contributed by atoms with Crippen LogP contribution in [0, 0.1) is 0 Å². The number of nitrogens with one attached hydrogen (secondary N) is 2. The molecule has 2 aliphatic rings. The van der Waals surface area contributed by atoms with Crippen LogP contribution in [-0.2, 0) is 16.1 Å². The first-order valence-electron chi connectivity index (χ1n) is 11.5. The second kappa shape index (κ2) is 9.21. The first kappa shape index (κ1) is 22.6. The smallest absolute Gasteiger partial charge is 0.407 e. The number of fused-ring (bicyclic) bond motifs is 3. The lowest BCUT2D eigenvalue weighted by atomic mass is 9.98. The Labute approximate surface area is 201 Å². The van der Waals surface area contributed by atoms with Gasteiger partial charge in [0, 0.05) is 12.5 Å². The van der Waals surface area contributed by atoms with Gasteiger partial charge in [-0.25, -0.2) is 9.48 Å². The van der Waals surface area contributed by atoms with Crippen molar-refractivity contribution in [2.24, 2.45) is 0 Å². The van der Waals surface area contributed by atoms with Crippen LogP contribution in [0.4, 0.5) is 4.79 Å². The van der Waals surface area contributed by atoms with Gasteiger partial charge in [-0.05, 0) is 35.1 Å². The second-order valence-corrected chi connectivity index (χ2v) is 8.92. The number of amides is 2. The summed E-state index contributed by atoms with van der Waals surface area (Å²) >= 11 is 0. The summed E-state index contributed by atoms with van der Waals surface area (Å²) in [6, 6.07) is 16.3. The van der Waals surface area contributed by atoms with Crippen LogP contribution in [0.2, 0.25) is 0 Å². The van der Waals surface area contributed by atoms with Crippen molar-refractivity contribution in [1.29, 1.82) is 0 Å². The van der Waals surface area contributed by atoms with E-state index >= 15 is 0 Å². The average Bonchev–Trinajstić information content (AvgIpc) is 3.28. The van der Waals surface area contributed by atoms with Gasteiger partial charge in [-0.1, -0.05) is 53.7 Å². The molecule has 1 heterocycles. The molecule has 1 fully saturated rings. The number of benzene rings is 2. The van der Waals surface area contributed by atoms with Gasteiger partial charge in [-0.2, -0.15) is 0 Å². The van der Waals surface area contributed by atoms with Crippen LogP contribution in [0.25, 0.3) is 11.1 Å². The first-order valence-corrected chi connectivity index (χ1v) is 11.5. The standard InChI is InChI=1S/C25H25N5O5/c31-22(32)13-25(9-10-25)27-23(33)21-14-30(29-28-21)12-11-26-24(34)35-15-20-18-7-3-1-5-16(18)17-6-2-4-8-19(17)20/h1-8,14,20H,9-13,15H2,(H,26,34)(H,27,33)(H,31,32). The van der Waals surface area contributed by atoms with Gasteiger partial charge in [0.2, 0.25) is 0 Å². The molecule has 0 atom stereocenters. The molecule has 2 aromatic carbocycles. The number of carboxylic acids is 1. The molecule has 3 aromatic rings. The monoisotopic (exact) mass is 475 g/mol. The third kappa shape index (κ3) is 4.86. The van der Waals surface area contributed by atoms with Gasteiger partial charge >= 0.3 is 12.1 Å². The van der Waals surface area contributed by atoms with Crippen molar-refractivity contribution >= 4 is 18.0 Å². The number of carboxylic acid groups (broad SMARTS) is 1. The molecule has 2 amide bonds. The number of hydrogen-bond acceptors (Lipinski definition) is 6. The zero-order chi connectivity index (χ0) is 24.4. The van der Waals surface area contributed by atoms with E-state index in [2.05, 4.69) is 45.2 Å². The Hall–Kier alpha value is -4.21. The van der Waals surface area contributed by atoms with E-state index in [0.29, 0.717) is 19.4 Å². The van der Waals surface area contributed by atoms with E-state index in [1.165, 1.54) is 22.0 Å². The molecule has 10 nitrogen and oxygen atoms in total. The summed E-state index contributed by atoms with van der Waals surface area (Å²) in [5.41, 5.74) is 4.04. The van der Waals surface area contributed by atoms with E-state index < -0.39 is 23.5 Å². The van der Waals surface area contributed by atoms with Crippen molar-refractivity contribution in [1.82, 2.24) is 25.6 Å². The van der Waals surface area contributed by atoms with Crippen molar-refractivity contribution in [3.63, 3.8) is 0 Å². The van der Waals surface area contributed by atoms with Crippen LogP contribution in [0.3, 0.4) is 0 Å². The van der Waals surface area contributed by atoms with Crippen LogP contribution < -0.4 is 10.6 Å². The van der Waals surface area contributed by atoms with E-state index in [0.717, 1.165) is 11.1 Å². The maximum atomic E-state index is 12.4. The summed E-state index contributed by atoms with van der Waals surface area (Å²) < 4.78 is 6.95. The number of carbonyl (C=O) groups excluding carboxylic acids is 2. The largest absolute Gasteiger partial charge is 0.481 e. The highest BCUT2D eigenvalue weighted by atomic mass is 16.5. The van der Waals surface area contributed by atoms with Crippen LogP contribution in [-0.4, -0.2) is 56.8 Å². The minimum atomic E-state index is -0.953. The van der Waals surface area contributed by atoms with Crippen LogP contribution >= 0.6 is 0 Å². The van der Waals surface area contributed by atoms with Crippen molar-refractivity contribution in [3.8, 4) is 11.1 Å². The highest BCUT2D eigenvalue weighted by Gasteiger charge is 2.46. The Morgan fingerprint density at radius 1 is 1.06 bits per heavy atom. The average molecular weight is 476 g/mol. The second-order valence-electron chi connectivity index (χ2n) is 8.92. The number of nitrogens with zero attached hydrogens (tertiary/aromatic N) is 3. The van der Waals surface area contributed by atoms with E-state index in [-0.39, 0.29) is 31.2 Å². The molecule has 0 saturated heterocycles. The molecule has 0 bridgehead atoms. The summed E-state index contributed by atoms with van der Waals surface area (Å²) in [6.45, 7) is 0.764. The lowest BCUT2D eigenvalue weighted by Gasteiger charge is -2.14. The summed E-state index contributed by atoms with van der Waals surface area (Å²) in [7, 11) is 0. The van der Waals surface area contributed by atoms with Crippen molar-refractivity contribution in [2.45, 2.75) is 37.3 Å².